The van der Waals surface area contributed by atoms with E-state index in [9.17, 15) is 4.79 Å². The van der Waals surface area contributed by atoms with Crippen molar-refractivity contribution in [3.8, 4) is 0 Å². The molecule has 0 heterocycles. The van der Waals surface area contributed by atoms with E-state index in [0.29, 0.717) is 11.3 Å². The van der Waals surface area contributed by atoms with E-state index in [2.05, 4.69) is 0 Å². The van der Waals surface area contributed by atoms with E-state index in [0.717, 1.165) is 18.3 Å². The van der Waals surface area contributed by atoms with Gasteiger partial charge in [-0.3, -0.25) is 4.79 Å². The largest absolute Gasteiger partial charge is 0.398 e. The number of benzene rings is 2. The molecule has 2 aromatic rings. The number of hydrogen-bond donors (Lipinski definition) is 1. The Morgan fingerprint density at radius 3 is 2.44 bits per heavy atom. The zero-order valence-electron chi connectivity index (χ0n) is 8.89. The second-order valence-electron chi connectivity index (χ2n) is 3.70. The second-order valence-corrected chi connectivity index (χ2v) is 3.70. The third-order valence-electron chi connectivity index (χ3n) is 2.59. The van der Waals surface area contributed by atoms with Gasteiger partial charge in [0, 0.05) is 11.3 Å². The number of anilines is 1. The van der Waals surface area contributed by atoms with Gasteiger partial charge in [-0.2, -0.15) is 0 Å². The lowest BCUT2D eigenvalue weighted by Crippen LogP contribution is -1.99. The summed E-state index contributed by atoms with van der Waals surface area (Å²) < 4.78 is 0. The van der Waals surface area contributed by atoms with E-state index in [1.54, 1.807) is 6.07 Å². The average molecular weight is 211 g/mol. The number of aldehydes is 1. The lowest BCUT2D eigenvalue weighted by molar-refractivity contribution is 0.112. The lowest BCUT2D eigenvalue weighted by Gasteiger charge is -2.07. The van der Waals surface area contributed by atoms with Gasteiger partial charge in [-0.25, -0.2) is 0 Å². The summed E-state index contributed by atoms with van der Waals surface area (Å²) in [5.74, 6) is 0. The fourth-order valence-electron chi connectivity index (χ4n) is 1.71. The Morgan fingerprint density at radius 2 is 1.75 bits per heavy atom. The molecule has 0 aliphatic heterocycles. The fourth-order valence-corrected chi connectivity index (χ4v) is 1.71. The molecule has 2 N–H and O–H groups in total. The first kappa shape index (κ1) is 10.4. The molecule has 2 nitrogen and oxygen atoms in total. The van der Waals surface area contributed by atoms with Crippen LogP contribution < -0.4 is 5.73 Å². The SMILES string of the molecule is Nc1c(C=O)cccc1Cc1ccccc1. The molecule has 0 bridgehead atoms. The molecule has 0 aliphatic carbocycles. The summed E-state index contributed by atoms with van der Waals surface area (Å²) in [6.07, 6.45) is 1.55. The molecule has 0 radical (unpaired) electrons. The van der Waals surface area contributed by atoms with E-state index < -0.39 is 0 Å². The minimum Gasteiger partial charge on any atom is -0.398 e. The molecular weight excluding hydrogens is 198 g/mol. The lowest BCUT2D eigenvalue weighted by atomic mass is 10.0. The Hall–Kier alpha value is -2.09. The topological polar surface area (TPSA) is 43.1 Å². The Morgan fingerprint density at radius 1 is 1.00 bits per heavy atom. The fraction of sp³-hybridized carbons (Fsp3) is 0.0714. The Labute approximate surface area is 94.7 Å². The van der Waals surface area contributed by atoms with Crippen molar-refractivity contribution in [2.24, 2.45) is 0 Å². The van der Waals surface area contributed by atoms with Gasteiger partial charge in [-0.15, -0.1) is 0 Å². The molecule has 0 saturated carbocycles. The first-order valence-electron chi connectivity index (χ1n) is 5.17. The van der Waals surface area contributed by atoms with Gasteiger partial charge >= 0.3 is 0 Å². The standard InChI is InChI=1S/C14H13NO/c15-14-12(7-4-8-13(14)10-16)9-11-5-2-1-3-6-11/h1-8,10H,9,15H2. The predicted molar refractivity (Wildman–Crippen MR) is 65.5 cm³/mol. The Balaban J connectivity index is 2.32. The van der Waals surface area contributed by atoms with Crippen molar-refractivity contribution in [1.29, 1.82) is 0 Å². The maximum atomic E-state index is 10.8. The molecule has 0 aromatic heterocycles. The van der Waals surface area contributed by atoms with Gasteiger partial charge in [0.2, 0.25) is 0 Å². The summed E-state index contributed by atoms with van der Waals surface area (Å²) in [6.45, 7) is 0. The highest BCUT2D eigenvalue weighted by Gasteiger charge is 2.04. The minimum atomic E-state index is 0.563. The van der Waals surface area contributed by atoms with Crippen molar-refractivity contribution in [3.05, 3.63) is 65.2 Å². The van der Waals surface area contributed by atoms with Gasteiger partial charge in [0.15, 0.2) is 6.29 Å². The Kier molecular flexibility index (Phi) is 3.01. The molecule has 0 atom stereocenters. The molecule has 0 fully saturated rings. The summed E-state index contributed by atoms with van der Waals surface area (Å²) in [7, 11) is 0. The Bertz CT molecular complexity index is 491. The van der Waals surface area contributed by atoms with Crippen molar-refractivity contribution < 1.29 is 4.79 Å². The number of carbonyl (C=O) groups excluding carboxylic acids is 1. The number of nitrogens with two attached hydrogens (primary N) is 1. The molecule has 0 saturated heterocycles. The zero-order chi connectivity index (χ0) is 11.4. The van der Waals surface area contributed by atoms with Crippen LogP contribution in [0.3, 0.4) is 0 Å². The van der Waals surface area contributed by atoms with Crippen LogP contribution in [0.1, 0.15) is 21.5 Å². The summed E-state index contributed by atoms with van der Waals surface area (Å²) in [6, 6.07) is 15.6. The summed E-state index contributed by atoms with van der Waals surface area (Å²) in [5.41, 5.74) is 9.25. The molecule has 0 unspecified atom stereocenters. The van der Waals surface area contributed by atoms with Crippen LogP contribution in [0, 0.1) is 0 Å². The third kappa shape index (κ3) is 2.11. The molecule has 0 aliphatic rings. The smallest absolute Gasteiger partial charge is 0.152 e. The third-order valence-corrected chi connectivity index (χ3v) is 2.59. The van der Waals surface area contributed by atoms with E-state index in [1.165, 1.54) is 5.56 Å². The molecular formula is C14H13NO. The van der Waals surface area contributed by atoms with Gasteiger partial charge in [0.1, 0.15) is 0 Å². The van der Waals surface area contributed by atoms with Gasteiger partial charge in [-0.05, 0) is 23.6 Å². The number of rotatable bonds is 3. The molecule has 0 spiro atoms. The van der Waals surface area contributed by atoms with Gasteiger partial charge in [-0.1, -0.05) is 42.5 Å². The van der Waals surface area contributed by atoms with Gasteiger partial charge < -0.3 is 5.73 Å². The second kappa shape index (κ2) is 4.62. The van der Waals surface area contributed by atoms with Crippen molar-refractivity contribution in [2.75, 3.05) is 5.73 Å². The highest BCUT2D eigenvalue weighted by atomic mass is 16.1. The van der Waals surface area contributed by atoms with Crippen molar-refractivity contribution in [1.82, 2.24) is 0 Å². The zero-order valence-corrected chi connectivity index (χ0v) is 8.89. The maximum Gasteiger partial charge on any atom is 0.152 e. The van der Waals surface area contributed by atoms with Crippen LogP contribution >= 0.6 is 0 Å². The van der Waals surface area contributed by atoms with Crippen LogP contribution in [0.5, 0.6) is 0 Å². The summed E-state index contributed by atoms with van der Waals surface area (Å²) in [5, 5.41) is 0. The van der Waals surface area contributed by atoms with Crippen LogP contribution in [0.2, 0.25) is 0 Å². The number of para-hydroxylation sites is 1. The number of carbonyl (C=O) groups is 1. The maximum absolute atomic E-state index is 10.8. The van der Waals surface area contributed by atoms with Crippen LogP contribution in [0.15, 0.2) is 48.5 Å². The first-order chi connectivity index (χ1) is 7.81. The summed E-state index contributed by atoms with van der Waals surface area (Å²) in [4.78, 5) is 10.8. The van der Waals surface area contributed by atoms with Crippen molar-refractivity contribution >= 4 is 12.0 Å². The monoisotopic (exact) mass is 211 g/mol. The molecule has 80 valence electrons. The van der Waals surface area contributed by atoms with Gasteiger partial charge in [0.25, 0.3) is 0 Å². The van der Waals surface area contributed by atoms with E-state index >= 15 is 0 Å². The van der Waals surface area contributed by atoms with Crippen LogP contribution in [0.4, 0.5) is 5.69 Å². The van der Waals surface area contributed by atoms with E-state index in [1.807, 2.05) is 42.5 Å². The van der Waals surface area contributed by atoms with E-state index in [4.69, 9.17) is 5.73 Å². The molecule has 2 aromatic carbocycles. The van der Waals surface area contributed by atoms with Crippen LogP contribution in [-0.4, -0.2) is 6.29 Å². The predicted octanol–water partition coefficient (Wildman–Crippen LogP) is 2.67. The number of hydrogen-bond acceptors (Lipinski definition) is 2. The molecule has 16 heavy (non-hydrogen) atoms. The van der Waals surface area contributed by atoms with Gasteiger partial charge in [0.05, 0.1) is 0 Å². The van der Waals surface area contributed by atoms with Crippen molar-refractivity contribution in [3.63, 3.8) is 0 Å². The van der Waals surface area contributed by atoms with E-state index in [-0.39, 0.29) is 0 Å². The average Bonchev–Trinajstić information content (AvgIpc) is 2.33. The quantitative estimate of drug-likeness (QED) is 0.626. The minimum absolute atomic E-state index is 0.563. The molecule has 2 heteroatoms. The highest BCUT2D eigenvalue weighted by Crippen LogP contribution is 2.19. The van der Waals surface area contributed by atoms with Crippen LogP contribution in [-0.2, 0) is 6.42 Å². The highest BCUT2D eigenvalue weighted by molar-refractivity contribution is 5.84. The summed E-state index contributed by atoms with van der Waals surface area (Å²) >= 11 is 0. The molecule has 2 rings (SSSR count). The first-order valence-corrected chi connectivity index (χ1v) is 5.17. The normalized spacial score (nSPS) is 10.0. The van der Waals surface area contributed by atoms with Crippen molar-refractivity contribution in [2.45, 2.75) is 6.42 Å². The molecule has 0 amide bonds. The van der Waals surface area contributed by atoms with Crippen LogP contribution in [0.25, 0.3) is 0 Å². The number of nitrogen functional groups attached to an aromatic ring is 1.